The fraction of sp³-hybridized carbons (Fsp3) is 0.0952. The van der Waals surface area contributed by atoms with Gasteiger partial charge in [0.15, 0.2) is 0 Å². The third-order valence-electron chi connectivity index (χ3n) is 3.70. The number of thiophene rings is 1. The molecule has 0 unspecified atom stereocenters. The zero-order chi connectivity index (χ0) is 19.2. The maximum Gasteiger partial charge on any atom is 0.338 e. The number of carbonyl (C=O) groups is 2. The number of nitrogens with zero attached hydrogens (tertiary/aromatic N) is 1. The summed E-state index contributed by atoms with van der Waals surface area (Å²) < 4.78 is 10.7. The summed E-state index contributed by atoms with van der Waals surface area (Å²) in [7, 11) is 0. The predicted octanol–water partition coefficient (Wildman–Crippen LogP) is 4.97. The third-order valence-corrected chi connectivity index (χ3v) is 4.57. The lowest BCUT2D eigenvalue weighted by molar-refractivity contribution is 0.0526. The van der Waals surface area contributed by atoms with E-state index in [1.165, 1.54) is 17.4 Å². The van der Waals surface area contributed by atoms with Crippen LogP contribution in [0.2, 0.25) is 0 Å². The van der Waals surface area contributed by atoms with Crippen LogP contribution in [0.1, 0.15) is 32.7 Å². The molecule has 0 N–H and O–H groups in total. The summed E-state index contributed by atoms with van der Waals surface area (Å²) in [6, 6.07) is 15.6. The fourth-order valence-corrected chi connectivity index (χ4v) is 3.08. The standard InChI is InChI=1S/C21H15NO4S/c1-2-25-21(24)15-7-5-14(6-8-15)18-10-9-17(26-18)12-16(13-22)20(23)19-4-3-11-27-19/h3-12H,2H2,1H3/b16-12+. The summed E-state index contributed by atoms with van der Waals surface area (Å²) in [5.74, 6) is 0.264. The van der Waals surface area contributed by atoms with Crippen molar-refractivity contribution in [1.82, 2.24) is 0 Å². The van der Waals surface area contributed by atoms with E-state index in [2.05, 4.69) is 0 Å². The lowest BCUT2D eigenvalue weighted by atomic mass is 10.1. The smallest absolute Gasteiger partial charge is 0.338 e. The molecule has 0 aliphatic carbocycles. The number of rotatable bonds is 6. The van der Waals surface area contributed by atoms with Crippen LogP contribution in [0.5, 0.6) is 0 Å². The van der Waals surface area contributed by atoms with Gasteiger partial charge in [0.1, 0.15) is 23.2 Å². The number of allylic oxidation sites excluding steroid dienone is 1. The number of hydrogen-bond acceptors (Lipinski definition) is 6. The molecule has 1 aromatic carbocycles. The second-order valence-corrected chi connectivity index (χ2v) is 6.42. The fourth-order valence-electron chi connectivity index (χ4n) is 2.40. The summed E-state index contributed by atoms with van der Waals surface area (Å²) in [4.78, 5) is 24.5. The average molecular weight is 377 g/mol. The van der Waals surface area contributed by atoms with Gasteiger partial charge in [-0.2, -0.15) is 5.26 Å². The van der Waals surface area contributed by atoms with Crippen molar-refractivity contribution in [1.29, 1.82) is 5.26 Å². The number of ketones is 1. The summed E-state index contributed by atoms with van der Waals surface area (Å²) in [5.41, 5.74) is 1.24. The van der Waals surface area contributed by atoms with Crippen LogP contribution >= 0.6 is 11.3 Å². The van der Waals surface area contributed by atoms with E-state index in [0.717, 1.165) is 5.56 Å². The van der Waals surface area contributed by atoms with Gasteiger partial charge < -0.3 is 9.15 Å². The van der Waals surface area contributed by atoms with E-state index in [4.69, 9.17) is 9.15 Å². The monoisotopic (exact) mass is 377 g/mol. The molecule has 0 saturated heterocycles. The minimum Gasteiger partial charge on any atom is -0.462 e. The Kier molecular flexibility index (Phi) is 5.64. The Bertz CT molecular complexity index is 1020. The van der Waals surface area contributed by atoms with Crippen LogP contribution in [0.25, 0.3) is 17.4 Å². The molecule has 0 fully saturated rings. The van der Waals surface area contributed by atoms with Gasteiger partial charge in [0, 0.05) is 11.6 Å². The first-order chi connectivity index (χ1) is 13.1. The minimum absolute atomic E-state index is 0.0102. The van der Waals surface area contributed by atoms with Gasteiger partial charge in [-0.05, 0) is 42.6 Å². The van der Waals surface area contributed by atoms with E-state index in [1.807, 2.05) is 6.07 Å². The molecule has 0 aliphatic heterocycles. The first-order valence-electron chi connectivity index (χ1n) is 8.19. The highest BCUT2D eigenvalue weighted by molar-refractivity contribution is 7.12. The molecule has 0 spiro atoms. The van der Waals surface area contributed by atoms with Crippen LogP contribution in [0.3, 0.4) is 0 Å². The van der Waals surface area contributed by atoms with Crippen LogP contribution < -0.4 is 0 Å². The largest absolute Gasteiger partial charge is 0.462 e. The molecule has 0 bridgehead atoms. The van der Waals surface area contributed by atoms with Gasteiger partial charge in [-0.25, -0.2) is 4.79 Å². The molecule has 2 heterocycles. The van der Waals surface area contributed by atoms with E-state index >= 15 is 0 Å². The number of hydrogen-bond donors (Lipinski definition) is 0. The maximum absolute atomic E-state index is 12.3. The van der Waals surface area contributed by atoms with Gasteiger partial charge in [-0.3, -0.25) is 4.79 Å². The van der Waals surface area contributed by atoms with E-state index in [-0.39, 0.29) is 17.3 Å². The minimum atomic E-state index is -0.377. The molecule has 3 rings (SSSR count). The van der Waals surface area contributed by atoms with E-state index in [9.17, 15) is 14.9 Å². The Morgan fingerprint density at radius 2 is 1.96 bits per heavy atom. The Labute approximate surface area is 160 Å². The van der Waals surface area contributed by atoms with Crippen LogP contribution in [-0.2, 0) is 4.74 Å². The molecule has 0 radical (unpaired) electrons. The van der Waals surface area contributed by atoms with Crippen LogP contribution in [0.4, 0.5) is 0 Å². The van der Waals surface area contributed by atoms with Gasteiger partial charge in [0.05, 0.1) is 17.0 Å². The molecule has 0 aliphatic rings. The number of Topliss-reactive ketones (excluding diaryl/α,β-unsaturated/α-hetero) is 1. The molecule has 6 heteroatoms. The van der Waals surface area contributed by atoms with E-state index in [1.54, 1.807) is 60.8 Å². The second kappa shape index (κ2) is 8.30. The number of nitriles is 1. The van der Waals surface area contributed by atoms with Gasteiger partial charge in [-0.15, -0.1) is 11.3 Å². The van der Waals surface area contributed by atoms with E-state index in [0.29, 0.717) is 28.6 Å². The molecule has 0 amide bonds. The second-order valence-electron chi connectivity index (χ2n) is 5.48. The highest BCUT2D eigenvalue weighted by Crippen LogP contribution is 2.25. The van der Waals surface area contributed by atoms with Gasteiger partial charge in [0.25, 0.3) is 0 Å². The van der Waals surface area contributed by atoms with Crippen molar-refractivity contribution < 1.29 is 18.7 Å². The Morgan fingerprint density at radius 3 is 2.59 bits per heavy atom. The number of carbonyl (C=O) groups excluding carboxylic acids is 2. The SMILES string of the molecule is CCOC(=O)c1ccc(-c2ccc(/C=C(\C#N)C(=O)c3cccs3)o2)cc1. The van der Waals surface area contributed by atoms with Crippen molar-refractivity contribution in [2.75, 3.05) is 6.61 Å². The quantitative estimate of drug-likeness (QED) is 0.262. The zero-order valence-corrected chi connectivity index (χ0v) is 15.3. The first kappa shape index (κ1) is 18.4. The van der Waals surface area contributed by atoms with Crippen molar-refractivity contribution in [3.8, 4) is 17.4 Å². The summed E-state index contributed by atoms with van der Waals surface area (Å²) in [6.45, 7) is 2.07. The Morgan fingerprint density at radius 1 is 1.19 bits per heavy atom. The maximum atomic E-state index is 12.3. The molecular formula is C21H15NO4S. The molecule has 2 aromatic heterocycles. The number of furan rings is 1. The van der Waals surface area contributed by atoms with Crippen molar-refractivity contribution >= 4 is 29.2 Å². The van der Waals surface area contributed by atoms with Crippen LogP contribution in [0.15, 0.2) is 63.9 Å². The van der Waals surface area contributed by atoms with Crippen LogP contribution in [-0.4, -0.2) is 18.4 Å². The highest BCUT2D eigenvalue weighted by Gasteiger charge is 2.14. The topological polar surface area (TPSA) is 80.3 Å². The predicted molar refractivity (Wildman–Crippen MR) is 102 cm³/mol. The van der Waals surface area contributed by atoms with Gasteiger partial charge in [0.2, 0.25) is 5.78 Å². The van der Waals surface area contributed by atoms with Crippen molar-refractivity contribution in [3.63, 3.8) is 0 Å². The normalized spacial score (nSPS) is 11.0. The number of esters is 1. The zero-order valence-electron chi connectivity index (χ0n) is 14.5. The van der Waals surface area contributed by atoms with Gasteiger partial charge in [-0.1, -0.05) is 18.2 Å². The van der Waals surface area contributed by atoms with Gasteiger partial charge >= 0.3 is 5.97 Å². The molecule has 5 nitrogen and oxygen atoms in total. The average Bonchev–Trinajstić information content (AvgIpc) is 3.38. The number of benzene rings is 1. The lowest BCUT2D eigenvalue weighted by Crippen LogP contribution is -2.03. The summed E-state index contributed by atoms with van der Waals surface area (Å²) >= 11 is 1.28. The van der Waals surface area contributed by atoms with Crippen molar-refractivity contribution in [3.05, 3.63) is 75.7 Å². The Balaban J connectivity index is 1.81. The number of ether oxygens (including phenoxy) is 1. The molecule has 134 valence electrons. The third kappa shape index (κ3) is 4.22. The van der Waals surface area contributed by atoms with E-state index < -0.39 is 0 Å². The van der Waals surface area contributed by atoms with Crippen LogP contribution in [0, 0.1) is 11.3 Å². The summed E-state index contributed by atoms with van der Waals surface area (Å²) in [5, 5.41) is 11.1. The molecule has 0 atom stereocenters. The Hall–Kier alpha value is -3.43. The molecule has 0 saturated carbocycles. The molecule has 27 heavy (non-hydrogen) atoms. The highest BCUT2D eigenvalue weighted by atomic mass is 32.1. The first-order valence-corrected chi connectivity index (χ1v) is 9.07. The summed E-state index contributed by atoms with van der Waals surface area (Å²) in [6.07, 6.45) is 1.43. The molecule has 3 aromatic rings. The van der Waals surface area contributed by atoms with Crippen molar-refractivity contribution in [2.45, 2.75) is 6.92 Å². The lowest BCUT2D eigenvalue weighted by Gasteiger charge is -2.02. The van der Waals surface area contributed by atoms with Crippen molar-refractivity contribution in [2.24, 2.45) is 0 Å². The molecular weight excluding hydrogens is 362 g/mol.